The van der Waals surface area contributed by atoms with Gasteiger partial charge in [0.2, 0.25) is 0 Å². The maximum atomic E-state index is 12.3. The second-order valence-electron chi connectivity index (χ2n) is 5.62. The number of nitrogens with zero attached hydrogens (tertiary/aromatic N) is 2. The van der Waals surface area contributed by atoms with Crippen molar-refractivity contribution in [2.45, 2.75) is 51.6 Å². The second-order valence-corrected chi connectivity index (χ2v) is 6.41. The molecule has 1 aliphatic carbocycles. The number of aromatic nitrogens is 2. The minimum absolute atomic E-state index is 0.0694. The minimum atomic E-state index is -0.181. The summed E-state index contributed by atoms with van der Waals surface area (Å²) in [6, 6.07) is 0. The van der Waals surface area contributed by atoms with Gasteiger partial charge in [-0.15, -0.1) is 0 Å². The topological polar surface area (TPSA) is 72.9 Å². The van der Waals surface area contributed by atoms with Crippen molar-refractivity contribution in [3.05, 3.63) is 21.0 Å². The van der Waals surface area contributed by atoms with Gasteiger partial charge in [-0.25, -0.2) is 4.68 Å². The second kappa shape index (κ2) is 6.26. The molecule has 0 unspecified atom stereocenters. The minimum Gasteiger partial charge on any atom is -0.376 e. The van der Waals surface area contributed by atoms with E-state index in [2.05, 4.69) is 40.2 Å². The SMILES string of the molecule is CCC(CC)(CN)Nc1cnn(CC2CC2)c(=O)c1Br. The van der Waals surface area contributed by atoms with Crippen molar-refractivity contribution in [3.63, 3.8) is 0 Å². The summed E-state index contributed by atoms with van der Waals surface area (Å²) in [5.41, 5.74) is 6.37. The highest BCUT2D eigenvalue weighted by Gasteiger charge is 2.27. The first-order valence-electron chi connectivity index (χ1n) is 7.29. The number of hydrogen-bond donors (Lipinski definition) is 2. The zero-order valence-corrected chi connectivity index (χ0v) is 13.7. The number of anilines is 1. The van der Waals surface area contributed by atoms with Crippen LogP contribution in [-0.2, 0) is 6.54 Å². The van der Waals surface area contributed by atoms with E-state index in [0.29, 0.717) is 16.9 Å². The van der Waals surface area contributed by atoms with Crippen LogP contribution in [0.1, 0.15) is 39.5 Å². The molecule has 1 aromatic heterocycles. The van der Waals surface area contributed by atoms with Crippen LogP contribution in [0.25, 0.3) is 0 Å². The Morgan fingerprint density at radius 3 is 2.65 bits per heavy atom. The fourth-order valence-electron chi connectivity index (χ4n) is 2.28. The Labute approximate surface area is 128 Å². The standard InChI is InChI=1S/C14H23BrN4O/c1-3-14(4-2,9-16)18-11-7-17-19(8-10-5-6-10)13(20)12(11)15/h7,10,18H,3-6,8-9,16H2,1-2H3. The molecular formula is C14H23BrN4O. The first kappa shape index (κ1) is 15.5. The van der Waals surface area contributed by atoms with E-state index in [1.54, 1.807) is 10.9 Å². The molecule has 1 aromatic rings. The lowest BCUT2D eigenvalue weighted by molar-refractivity contribution is 0.443. The Hall–Kier alpha value is -0.880. The van der Waals surface area contributed by atoms with E-state index in [0.717, 1.165) is 25.1 Å². The molecule has 2 rings (SSSR count). The van der Waals surface area contributed by atoms with Crippen LogP contribution in [0.3, 0.4) is 0 Å². The maximum Gasteiger partial charge on any atom is 0.283 e. The van der Waals surface area contributed by atoms with Gasteiger partial charge >= 0.3 is 0 Å². The maximum absolute atomic E-state index is 12.3. The Morgan fingerprint density at radius 2 is 2.15 bits per heavy atom. The van der Waals surface area contributed by atoms with Gasteiger partial charge in [0.15, 0.2) is 0 Å². The van der Waals surface area contributed by atoms with Gasteiger partial charge in [0.05, 0.1) is 11.9 Å². The highest BCUT2D eigenvalue weighted by molar-refractivity contribution is 9.10. The van der Waals surface area contributed by atoms with Crippen molar-refractivity contribution in [2.24, 2.45) is 11.7 Å². The van der Waals surface area contributed by atoms with Gasteiger partial charge in [-0.3, -0.25) is 4.79 Å². The van der Waals surface area contributed by atoms with Crippen LogP contribution < -0.4 is 16.6 Å². The average Bonchev–Trinajstić information content (AvgIpc) is 3.28. The third-order valence-corrected chi connectivity index (χ3v) is 5.02. The first-order valence-corrected chi connectivity index (χ1v) is 8.08. The lowest BCUT2D eigenvalue weighted by Gasteiger charge is -2.32. The molecule has 112 valence electrons. The van der Waals surface area contributed by atoms with Crippen molar-refractivity contribution in [3.8, 4) is 0 Å². The van der Waals surface area contributed by atoms with Crippen molar-refractivity contribution in [1.29, 1.82) is 0 Å². The largest absolute Gasteiger partial charge is 0.376 e. The molecule has 1 aliphatic rings. The molecule has 5 nitrogen and oxygen atoms in total. The van der Waals surface area contributed by atoms with E-state index >= 15 is 0 Å². The molecule has 20 heavy (non-hydrogen) atoms. The Balaban J connectivity index is 2.24. The molecule has 1 fully saturated rings. The van der Waals surface area contributed by atoms with Crippen LogP contribution in [0.15, 0.2) is 15.5 Å². The normalized spacial score (nSPS) is 15.4. The molecule has 1 saturated carbocycles. The highest BCUT2D eigenvalue weighted by atomic mass is 79.9. The van der Waals surface area contributed by atoms with Crippen LogP contribution in [-0.4, -0.2) is 21.9 Å². The molecule has 0 atom stereocenters. The monoisotopic (exact) mass is 342 g/mol. The molecule has 0 saturated heterocycles. The van der Waals surface area contributed by atoms with E-state index in [-0.39, 0.29) is 11.1 Å². The zero-order valence-electron chi connectivity index (χ0n) is 12.2. The summed E-state index contributed by atoms with van der Waals surface area (Å²) in [5, 5.41) is 7.68. The summed E-state index contributed by atoms with van der Waals surface area (Å²) < 4.78 is 2.10. The highest BCUT2D eigenvalue weighted by Crippen LogP contribution is 2.30. The molecule has 0 aliphatic heterocycles. The molecular weight excluding hydrogens is 320 g/mol. The van der Waals surface area contributed by atoms with E-state index in [4.69, 9.17) is 5.73 Å². The molecule has 6 heteroatoms. The van der Waals surface area contributed by atoms with Gasteiger partial charge in [0.1, 0.15) is 4.47 Å². The average molecular weight is 343 g/mol. The summed E-state index contributed by atoms with van der Waals surface area (Å²) in [6.07, 6.45) is 5.93. The summed E-state index contributed by atoms with van der Waals surface area (Å²) >= 11 is 3.40. The fraction of sp³-hybridized carbons (Fsp3) is 0.714. The summed E-state index contributed by atoms with van der Waals surface area (Å²) in [6.45, 7) is 5.44. The quantitative estimate of drug-likeness (QED) is 0.797. The van der Waals surface area contributed by atoms with Gasteiger partial charge < -0.3 is 11.1 Å². The van der Waals surface area contributed by atoms with Gasteiger partial charge in [-0.2, -0.15) is 5.10 Å². The molecule has 1 heterocycles. The van der Waals surface area contributed by atoms with Crippen LogP contribution in [0.4, 0.5) is 5.69 Å². The predicted molar refractivity (Wildman–Crippen MR) is 84.9 cm³/mol. The third kappa shape index (κ3) is 3.23. The van der Waals surface area contributed by atoms with Crippen LogP contribution >= 0.6 is 15.9 Å². The lowest BCUT2D eigenvalue weighted by atomic mass is 9.93. The molecule has 3 N–H and O–H groups in total. The molecule has 0 bridgehead atoms. The van der Waals surface area contributed by atoms with E-state index in [1.807, 2.05) is 0 Å². The zero-order chi connectivity index (χ0) is 14.8. The number of rotatable bonds is 7. The van der Waals surface area contributed by atoms with E-state index in [9.17, 15) is 4.79 Å². The first-order chi connectivity index (χ1) is 9.55. The van der Waals surface area contributed by atoms with Crippen LogP contribution in [0, 0.1) is 5.92 Å². The van der Waals surface area contributed by atoms with Gasteiger partial charge in [-0.1, -0.05) is 13.8 Å². The van der Waals surface area contributed by atoms with E-state index < -0.39 is 0 Å². The van der Waals surface area contributed by atoms with Crippen molar-refractivity contribution in [1.82, 2.24) is 9.78 Å². The van der Waals surface area contributed by atoms with Crippen LogP contribution in [0.5, 0.6) is 0 Å². The number of nitrogens with two attached hydrogens (primary N) is 1. The molecule has 0 aromatic carbocycles. The Bertz CT molecular complexity index is 512. The van der Waals surface area contributed by atoms with Gasteiger partial charge in [0, 0.05) is 18.6 Å². The smallest absolute Gasteiger partial charge is 0.283 e. The van der Waals surface area contributed by atoms with Crippen molar-refractivity contribution in [2.75, 3.05) is 11.9 Å². The van der Waals surface area contributed by atoms with Crippen molar-refractivity contribution >= 4 is 21.6 Å². The van der Waals surface area contributed by atoms with Crippen LogP contribution in [0.2, 0.25) is 0 Å². The summed E-state index contributed by atoms with van der Waals surface area (Å²) in [7, 11) is 0. The third-order valence-electron chi connectivity index (χ3n) is 4.26. The number of hydrogen-bond acceptors (Lipinski definition) is 4. The van der Waals surface area contributed by atoms with Gasteiger partial charge in [0.25, 0.3) is 5.56 Å². The van der Waals surface area contributed by atoms with E-state index in [1.165, 1.54) is 12.8 Å². The number of nitrogens with one attached hydrogen (secondary N) is 1. The molecule has 0 radical (unpaired) electrons. The Kier molecular flexibility index (Phi) is 4.86. The summed E-state index contributed by atoms with van der Waals surface area (Å²) in [4.78, 5) is 12.3. The number of halogens is 1. The predicted octanol–water partition coefficient (Wildman–Crippen LogP) is 2.35. The van der Waals surface area contributed by atoms with Crippen molar-refractivity contribution < 1.29 is 0 Å². The Morgan fingerprint density at radius 1 is 1.50 bits per heavy atom. The fourth-order valence-corrected chi connectivity index (χ4v) is 2.69. The molecule has 0 amide bonds. The van der Waals surface area contributed by atoms with Gasteiger partial charge in [-0.05, 0) is 47.5 Å². The lowest BCUT2D eigenvalue weighted by Crippen LogP contribution is -2.45. The summed E-state index contributed by atoms with van der Waals surface area (Å²) in [5.74, 6) is 0.625. The molecule has 0 spiro atoms.